The molecule has 2 nitrogen and oxygen atoms in total. The summed E-state index contributed by atoms with van der Waals surface area (Å²) in [5, 5.41) is 0. The van der Waals surface area contributed by atoms with Crippen LogP contribution in [-0.2, 0) is 14.6 Å². The number of aliphatic imine (C=N–C) groups is 2. The summed E-state index contributed by atoms with van der Waals surface area (Å²) in [6.45, 7) is 8.29. The molecule has 0 aliphatic heterocycles. The molecule has 0 spiro atoms. The summed E-state index contributed by atoms with van der Waals surface area (Å²) in [6.07, 6.45) is 3.53. The summed E-state index contributed by atoms with van der Waals surface area (Å²) in [5.74, 6) is 0. The van der Waals surface area contributed by atoms with E-state index in [0.717, 1.165) is 11.4 Å². The molecule has 4 heteroatoms. The van der Waals surface area contributed by atoms with E-state index >= 15 is 0 Å². The molecule has 0 aliphatic rings. The van der Waals surface area contributed by atoms with Crippen LogP contribution in [-0.4, -0.2) is 12.4 Å². The van der Waals surface area contributed by atoms with Crippen molar-refractivity contribution in [3.63, 3.8) is 0 Å². The van der Waals surface area contributed by atoms with Gasteiger partial charge in [0.1, 0.15) is 0 Å². The van der Waals surface area contributed by atoms with Gasteiger partial charge >= 0.3 is 24.8 Å². The van der Waals surface area contributed by atoms with Gasteiger partial charge in [0.15, 0.2) is 0 Å². The topological polar surface area (TPSA) is 24.7 Å². The van der Waals surface area contributed by atoms with E-state index in [9.17, 15) is 0 Å². The molecule has 2 aromatic rings. The fourth-order valence-corrected chi connectivity index (χ4v) is 2.23. The molecular formula is C19H23ClN2Ni-. The molecule has 0 saturated carbocycles. The van der Waals surface area contributed by atoms with E-state index in [1.165, 1.54) is 22.3 Å². The van der Waals surface area contributed by atoms with Gasteiger partial charge in [-0.25, -0.2) is 0 Å². The van der Waals surface area contributed by atoms with Gasteiger partial charge in [0.25, 0.3) is 0 Å². The van der Waals surface area contributed by atoms with E-state index < -0.39 is 0 Å². The molecule has 0 unspecified atom stereocenters. The number of aryl methyl sites for hydroxylation is 4. The molecule has 0 aromatic heterocycles. The van der Waals surface area contributed by atoms with Crippen molar-refractivity contribution < 1.29 is 14.6 Å². The van der Waals surface area contributed by atoms with Gasteiger partial charge < -0.3 is 7.43 Å². The summed E-state index contributed by atoms with van der Waals surface area (Å²) in [7, 11) is 4.26. The first-order valence-corrected chi connectivity index (χ1v) is 8.26. The van der Waals surface area contributed by atoms with Crippen molar-refractivity contribution >= 4 is 34.0 Å². The average molecular weight is 374 g/mol. The maximum absolute atomic E-state index is 4.51. The second kappa shape index (κ2) is 11.2. The van der Waals surface area contributed by atoms with Gasteiger partial charge in [-0.05, 0) is 49.9 Å². The summed E-state index contributed by atoms with van der Waals surface area (Å²) >= 11 is 3.35. The number of hydrogen-bond donors (Lipinski definition) is 0. The van der Waals surface area contributed by atoms with Crippen LogP contribution in [0.2, 0.25) is 0 Å². The Hall–Kier alpha value is -1.44. The molecule has 23 heavy (non-hydrogen) atoms. The Morgan fingerprint density at radius 3 is 1.22 bits per heavy atom. The van der Waals surface area contributed by atoms with Crippen molar-refractivity contribution in [2.45, 2.75) is 27.7 Å². The van der Waals surface area contributed by atoms with E-state index in [-0.39, 0.29) is 7.43 Å². The Bertz CT molecular complexity index is 579. The molecule has 0 aliphatic carbocycles. The minimum absolute atomic E-state index is 0. The predicted molar refractivity (Wildman–Crippen MR) is 100 cm³/mol. The summed E-state index contributed by atoms with van der Waals surface area (Å²) in [4.78, 5) is 9.01. The second-order valence-corrected chi connectivity index (χ2v) is 5.04. The molecule has 2 rings (SSSR count). The molecule has 2 aromatic carbocycles. The number of nitrogens with zero attached hydrogens (tertiary/aromatic N) is 2. The molecule has 0 heterocycles. The van der Waals surface area contributed by atoms with E-state index in [0.29, 0.717) is 0 Å². The quantitative estimate of drug-likeness (QED) is 0.349. The van der Waals surface area contributed by atoms with Gasteiger partial charge in [-0.3, -0.25) is 9.98 Å². The van der Waals surface area contributed by atoms with Crippen LogP contribution in [0.3, 0.4) is 0 Å². The summed E-state index contributed by atoms with van der Waals surface area (Å²) < 4.78 is 0. The average Bonchev–Trinajstić information content (AvgIpc) is 2.50. The zero-order valence-corrected chi connectivity index (χ0v) is 16.0. The van der Waals surface area contributed by atoms with Gasteiger partial charge in [0.05, 0.1) is 11.4 Å². The number of hydrogen-bond acceptors (Lipinski definition) is 2. The first kappa shape index (κ1) is 21.6. The van der Waals surface area contributed by atoms with E-state index in [2.05, 4.69) is 98.8 Å². The fourth-order valence-electron chi connectivity index (χ4n) is 2.23. The maximum atomic E-state index is 4.51. The Morgan fingerprint density at radius 2 is 0.957 bits per heavy atom. The molecule has 0 radical (unpaired) electrons. The van der Waals surface area contributed by atoms with Gasteiger partial charge in [-0.1, -0.05) is 36.4 Å². The van der Waals surface area contributed by atoms with Gasteiger partial charge in [0.2, 0.25) is 0 Å². The Balaban J connectivity index is 0.00000155. The number of halogens is 1. The molecular weight excluding hydrogens is 350 g/mol. The van der Waals surface area contributed by atoms with Crippen LogP contribution in [0.4, 0.5) is 11.4 Å². The number of benzene rings is 2. The van der Waals surface area contributed by atoms with Crippen molar-refractivity contribution in [3.8, 4) is 0 Å². The van der Waals surface area contributed by atoms with Crippen LogP contribution in [0.1, 0.15) is 22.3 Å². The normalized spacial score (nSPS) is 10.4. The van der Waals surface area contributed by atoms with Crippen LogP contribution >= 0.6 is 10.2 Å². The fraction of sp³-hybridized carbons (Fsp3) is 0.211. The Morgan fingerprint density at radius 1 is 0.696 bits per heavy atom. The molecule has 0 amide bonds. The van der Waals surface area contributed by atoms with Crippen molar-refractivity contribution in [2.24, 2.45) is 9.98 Å². The zero-order valence-electron chi connectivity index (χ0n) is 14.2. The van der Waals surface area contributed by atoms with Crippen molar-refractivity contribution in [1.82, 2.24) is 0 Å². The Kier molecular flexibility index (Phi) is 10.5. The van der Waals surface area contributed by atoms with Gasteiger partial charge in [0, 0.05) is 12.4 Å². The van der Waals surface area contributed by atoms with E-state index in [1.54, 1.807) is 12.4 Å². The third kappa shape index (κ3) is 6.29. The molecule has 0 saturated heterocycles. The predicted octanol–water partition coefficient (Wildman–Crippen LogP) is 6.16. The van der Waals surface area contributed by atoms with E-state index in [4.69, 9.17) is 0 Å². The number of para-hydroxylation sites is 2. The molecule has 127 valence electrons. The van der Waals surface area contributed by atoms with Crippen molar-refractivity contribution in [2.75, 3.05) is 0 Å². The number of rotatable bonds is 3. The minimum atomic E-state index is 0. The van der Waals surface area contributed by atoms with Crippen LogP contribution in [0.5, 0.6) is 0 Å². The third-order valence-corrected chi connectivity index (χ3v) is 3.35. The SMILES string of the molecule is Cc1cccc(C)c1N=CC=Nc1c(C)cccc1C.[CH3-].[Cl][Ni]. The van der Waals surface area contributed by atoms with Crippen molar-refractivity contribution in [3.05, 3.63) is 66.1 Å². The van der Waals surface area contributed by atoms with E-state index in [1.807, 2.05) is 0 Å². The first-order chi connectivity index (χ1) is 10.6. The first-order valence-electron chi connectivity index (χ1n) is 6.90. The molecule has 0 fully saturated rings. The summed E-state index contributed by atoms with van der Waals surface area (Å²) in [5.41, 5.74) is 6.79. The third-order valence-electron chi connectivity index (χ3n) is 3.35. The Labute approximate surface area is 152 Å². The molecule has 0 atom stereocenters. The van der Waals surface area contributed by atoms with Crippen LogP contribution in [0.25, 0.3) is 0 Å². The van der Waals surface area contributed by atoms with Gasteiger partial charge in [-0.2, -0.15) is 0 Å². The second-order valence-electron chi connectivity index (χ2n) is 5.04. The van der Waals surface area contributed by atoms with Gasteiger partial charge in [-0.15, -0.1) is 0 Å². The van der Waals surface area contributed by atoms with Crippen LogP contribution in [0.15, 0.2) is 46.4 Å². The molecule has 0 N–H and O–H groups in total. The van der Waals surface area contributed by atoms with Crippen LogP contribution in [0, 0.1) is 35.1 Å². The monoisotopic (exact) mass is 372 g/mol. The summed E-state index contributed by atoms with van der Waals surface area (Å²) in [6, 6.07) is 12.4. The molecule has 0 bridgehead atoms. The van der Waals surface area contributed by atoms with Crippen molar-refractivity contribution in [1.29, 1.82) is 0 Å². The zero-order chi connectivity index (χ0) is 16.5. The van der Waals surface area contributed by atoms with Crippen LogP contribution < -0.4 is 0 Å². The standard InChI is InChI=1S/C18H20N2.CH3.ClH.Ni/c1-13-7-5-8-14(2)17(13)19-11-12-20-18-15(3)9-6-10-16(18)4;;;/h5-12H,1-4H3;1H3;1H;/q;-1;;+1/p-1.